The van der Waals surface area contributed by atoms with Crippen LogP contribution in [0.5, 0.6) is 0 Å². The van der Waals surface area contributed by atoms with E-state index in [2.05, 4.69) is 16.6 Å². The van der Waals surface area contributed by atoms with Gasteiger partial charge in [-0.3, -0.25) is 4.79 Å². The van der Waals surface area contributed by atoms with Gasteiger partial charge >= 0.3 is 5.97 Å². The van der Waals surface area contributed by atoms with Gasteiger partial charge in [0.25, 0.3) is 0 Å². The molecule has 2 N–H and O–H groups in total. The zero-order chi connectivity index (χ0) is 11.3. The minimum Gasteiger partial charge on any atom is -0.469 e. The van der Waals surface area contributed by atoms with Crippen molar-refractivity contribution in [3.05, 3.63) is 0 Å². The highest BCUT2D eigenvalue weighted by atomic mass is 16.5. The minimum atomic E-state index is -0.137. The van der Waals surface area contributed by atoms with Gasteiger partial charge in [-0.2, -0.15) is 0 Å². The van der Waals surface area contributed by atoms with Gasteiger partial charge in [0, 0.05) is 25.7 Å². The molecule has 4 nitrogen and oxygen atoms in total. The first kappa shape index (κ1) is 12.5. The fourth-order valence-corrected chi connectivity index (χ4v) is 2.18. The molecule has 1 aliphatic rings. The van der Waals surface area contributed by atoms with Crippen LogP contribution in [0.4, 0.5) is 0 Å². The van der Waals surface area contributed by atoms with E-state index in [1.54, 1.807) is 0 Å². The Labute approximate surface area is 91.8 Å². The molecule has 2 atom stereocenters. The van der Waals surface area contributed by atoms with Gasteiger partial charge < -0.3 is 15.4 Å². The van der Waals surface area contributed by atoms with Gasteiger partial charge in [-0.1, -0.05) is 13.3 Å². The second-order valence-electron chi connectivity index (χ2n) is 4.36. The molecule has 1 aliphatic heterocycles. The lowest BCUT2D eigenvalue weighted by Crippen LogP contribution is -2.47. The van der Waals surface area contributed by atoms with E-state index in [0.717, 1.165) is 26.1 Å². The molecule has 1 fully saturated rings. The van der Waals surface area contributed by atoms with Crippen LogP contribution in [0.25, 0.3) is 0 Å². The molecule has 1 heterocycles. The summed E-state index contributed by atoms with van der Waals surface area (Å²) in [5, 5.41) is 0. The van der Waals surface area contributed by atoms with Crippen LogP contribution >= 0.6 is 0 Å². The molecular weight excluding hydrogens is 192 g/mol. The third-order valence-electron chi connectivity index (χ3n) is 3.08. The third-order valence-corrected chi connectivity index (χ3v) is 3.08. The number of carbonyl (C=O) groups excluding carboxylic acids is 1. The second kappa shape index (κ2) is 6.08. The van der Waals surface area contributed by atoms with E-state index in [1.807, 2.05) is 0 Å². The summed E-state index contributed by atoms with van der Waals surface area (Å²) in [5.74, 6) is 0.550. The molecule has 1 rings (SSSR count). The smallest absolute Gasteiger partial charge is 0.306 e. The average molecular weight is 214 g/mol. The summed E-state index contributed by atoms with van der Waals surface area (Å²) in [4.78, 5) is 13.3. The lowest BCUT2D eigenvalue weighted by molar-refractivity contribution is -0.141. The highest BCUT2D eigenvalue weighted by molar-refractivity contribution is 5.69. The number of nitrogens with zero attached hydrogens (tertiary/aromatic N) is 1. The Morgan fingerprint density at radius 1 is 1.53 bits per heavy atom. The van der Waals surface area contributed by atoms with Gasteiger partial charge in [0.15, 0.2) is 0 Å². The molecule has 2 unspecified atom stereocenters. The van der Waals surface area contributed by atoms with E-state index in [1.165, 1.54) is 13.5 Å². The van der Waals surface area contributed by atoms with Crippen molar-refractivity contribution >= 4 is 5.97 Å². The van der Waals surface area contributed by atoms with Crippen LogP contribution in [-0.4, -0.2) is 43.7 Å². The molecule has 0 aliphatic carbocycles. The van der Waals surface area contributed by atoms with Crippen molar-refractivity contribution in [3.63, 3.8) is 0 Å². The molecule has 0 aromatic heterocycles. The van der Waals surface area contributed by atoms with Gasteiger partial charge in [0.1, 0.15) is 0 Å². The number of nitrogens with two attached hydrogens (primary N) is 1. The Morgan fingerprint density at radius 3 is 2.87 bits per heavy atom. The summed E-state index contributed by atoms with van der Waals surface area (Å²) in [6, 6.07) is 0.265. The van der Waals surface area contributed by atoms with E-state index in [4.69, 9.17) is 5.73 Å². The third kappa shape index (κ3) is 4.18. The SMILES string of the molecule is CCC1CC(N)CN(CCC(=O)OC)C1. The lowest BCUT2D eigenvalue weighted by atomic mass is 9.92. The second-order valence-corrected chi connectivity index (χ2v) is 4.36. The highest BCUT2D eigenvalue weighted by Gasteiger charge is 2.23. The predicted octanol–water partition coefficient (Wildman–Crippen LogP) is 0.609. The van der Waals surface area contributed by atoms with Crippen molar-refractivity contribution in [2.24, 2.45) is 11.7 Å². The van der Waals surface area contributed by atoms with Crippen molar-refractivity contribution < 1.29 is 9.53 Å². The Kier molecular flexibility index (Phi) is 5.05. The number of rotatable bonds is 4. The van der Waals surface area contributed by atoms with Crippen molar-refractivity contribution in [1.82, 2.24) is 4.90 Å². The number of hydrogen-bond donors (Lipinski definition) is 1. The topological polar surface area (TPSA) is 55.6 Å². The minimum absolute atomic E-state index is 0.137. The van der Waals surface area contributed by atoms with Crippen LogP contribution in [0.15, 0.2) is 0 Å². The van der Waals surface area contributed by atoms with E-state index >= 15 is 0 Å². The lowest BCUT2D eigenvalue weighted by Gasteiger charge is -2.35. The first-order chi connectivity index (χ1) is 7.15. The molecule has 0 aromatic rings. The Bertz CT molecular complexity index is 209. The van der Waals surface area contributed by atoms with Crippen molar-refractivity contribution in [3.8, 4) is 0 Å². The summed E-state index contributed by atoms with van der Waals surface area (Å²) in [6.45, 7) is 4.95. The van der Waals surface area contributed by atoms with E-state index < -0.39 is 0 Å². The number of piperidine rings is 1. The highest BCUT2D eigenvalue weighted by Crippen LogP contribution is 2.18. The van der Waals surface area contributed by atoms with Crippen LogP contribution in [0.2, 0.25) is 0 Å². The van der Waals surface area contributed by atoms with Crippen LogP contribution in [-0.2, 0) is 9.53 Å². The largest absolute Gasteiger partial charge is 0.469 e. The molecule has 0 amide bonds. The maximum atomic E-state index is 11.0. The predicted molar refractivity (Wildman–Crippen MR) is 59.4 cm³/mol. The molecule has 4 heteroatoms. The summed E-state index contributed by atoms with van der Waals surface area (Å²) in [5.41, 5.74) is 5.97. The quantitative estimate of drug-likeness (QED) is 0.697. The van der Waals surface area contributed by atoms with Gasteiger partial charge in [-0.25, -0.2) is 0 Å². The molecule has 0 aromatic carbocycles. The van der Waals surface area contributed by atoms with Crippen molar-refractivity contribution in [2.75, 3.05) is 26.7 Å². The molecule has 15 heavy (non-hydrogen) atoms. The number of likely N-dealkylation sites (tertiary alicyclic amines) is 1. The van der Waals surface area contributed by atoms with E-state index in [-0.39, 0.29) is 12.0 Å². The number of ether oxygens (including phenoxy) is 1. The Morgan fingerprint density at radius 2 is 2.27 bits per heavy atom. The van der Waals surface area contributed by atoms with Gasteiger partial charge in [-0.05, 0) is 12.3 Å². The fourth-order valence-electron chi connectivity index (χ4n) is 2.18. The molecule has 1 saturated heterocycles. The van der Waals surface area contributed by atoms with Crippen LogP contribution in [0, 0.1) is 5.92 Å². The fraction of sp³-hybridized carbons (Fsp3) is 0.909. The molecular formula is C11H22N2O2. The van der Waals surface area contributed by atoms with Gasteiger partial charge in [-0.15, -0.1) is 0 Å². The number of esters is 1. The Hall–Kier alpha value is -0.610. The monoisotopic (exact) mass is 214 g/mol. The Balaban J connectivity index is 2.31. The molecule has 88 valence electrons. The van der Waals surface area contributed by atoms with Crippen LogP contribution in [0.1, 0.15) is 26.2 Å². The zero-order valence-corrected chi connectivity index (χ0v) is 9.74. The average Bonchev–Trinajstić information content (AvgIpc) is 2.25. The van der Waals surface area contributed by atoms with E-state index in [9.17, 15) is 4.79 Å². The van der Waals surface area contributed by atoms with Gasteiger partial charge in [0.05, 0.1) is 13.5 Å². The molecule has 0 saturated carbocycles. The first-order valence-electron chi connectivity index (χ1n) is 5.70. The van der Waals surface area contributed by atoms with Crippen molar-refractivity contribution in [2.45, 2.75) is 32.2 Å². The summed E-state index contributed by atoms with van der Waals surface area (Å²) in [6.07, 6.45) is 2.76. The summed E-state index contributed by atoms with van der Waals surface area (Å²) < 4.78 is 4.62. The number of methoxy groups -OCH3 is 1. The molecule has 0 bridgehead atoms. The first-order valence-corrected chi connectivity index (χ1v) is 5.70. The number of carbonyl (C=O) groups is 1. The van der Waals surface area contributed by atoms with Crippen LogP contribution < -0.4 is 5.73 Å². The number of hydrogen-bond acceptors (Lipinski definition) is 4. The maximum absolute atomic E-state index is 11.0. The maximum Gasteiger partial charge on any atom is 0.306 e. The van der Waals surface area contributed by atoms with Crippen LogP contribution in [0.3, 0.4) is 0 Å². The standard InChI is InChI=1S/C11H22N2O2/c1-3-9-6-10(12)8-13(7-9)5-4-11(14)15-2/h9-10H,3-8,12H2,1-2H3. The summed E-state index contributed by atoms with van der Waals surface area (Å²) in [7, 11) is 1.43. The zero-order valence-electron chi connectivity index (χ0n) is 9.74. The van der Waals surface area contributed by atoms with Gasteiger partial charge in [0.2, 0.25) is 0 Å². The molecule has 0 radical (unpaired) electrons. The normalized spacial score (nSPS) is 27.7. The van der Waals surface area contributed by atoms with E-state index in [0.29, 0.717) is 12.3 Å². The van der Waals surface area contributed by atoms with Crippen molar-refractivity contribution in [1.29, 1.82) is 0 Å². The summed E-state index contributed by atoms with van der Waals surface area (Å²) >= 11 is 0. The molecule has 0 spiro atoms.